The number of carbonyl (C=O) groups is 3. The van der Waals surface area contributed by atoms with Crippen LogP contribution in [0.3, 0.4) is 0 Å². The Kier molecular flexibility index (Phi) is 8.67. The van der Waals surface area contributed by atoms with Gasteiger partial charge in [-0.1, -0.05) is 30.3 Å². The highest BCUT2D eigenvalue weighted by molar-refractivity contribution is 5.91. The average Bonchev–Trinajstić information content (AvgIpc) is 2.57. The summed E-state index contributed by atoms with van der Waals surface area (Å²) in [6, 6.07) is 8.76. The Bertz CT molecular complexity index is 572. The predicted octanol–water partition coefficient (Wildman–Crippen LogP) is 1.54. The van der Waals surface area contributed by atoms with Crippen LogP contribution in [0.1, 0.15) is 19.4 Å². The van der Waals surface area contributed by atoms with Gasteiger partial charge in [-0.15, -0.1) is 0 Å². The summed E-state index contributed by atoms with van der Waals surface area (Å²) < 4.78 is 9.56. The molecule has 0 saturated heterocycles. The maximum absolute atomic E-state index is 11.7. The summed E-state index contributed by atoms with van der Waals surface area (Å²) in [7, 11) is 0. The van der Waals surface area contributed by atoms with Gasteiger partial charge < -0.3 is 20.1 Å². The fourth-order valence-electron chi connectivity index (χ4n) is 1.68. The molecule has 0 aliphatic heterocycles. The van der Waals surface area contributed by atoms with Crippen LogP contribution < -0.4 is 10.6 Å². The van der Waals surface area contributed by atoms with Crippen molar-refractivity contribution in [3.05, 3.63) is 48.0 Å². The van der Waals surface area contributed by atoms with Crippen molar-refractivity contribution in [2.24, 2.45) is 0 Å². The number of rotatable bonds is 8. The smallest absolute Gasteiger partial charge is 0.331 e. The predicted molar refractivity (Wildman–Crippen MR) is 88.0 cm³/mol. The first-order valence-electron chi connectivity index (χ1n) is 7.61. The van der Waals surface area contributed by atoms with Crippen LogP contribution >= 0.6 is 0 Å². The molecule has 1 rings (SSSR count). The zero-order valence-corrected chi connectivity index (χ0v) is 13.8. The zero-order chi connectivity index (χ0) is 17.8. The molecule has 1 aromatic rings. The molecule has 0 saturated carbocycles. The third kappa shape index (κ3) is 8.57. The van der Waals surface area contributed by atoms with Gasteiger partial charge in [-0.3, -0.25) is 0 Å². The van der Waals surface area contributed by atoms with Crippen molar-refractivity contribution in [2.75, 3.05) is 13.2 Å². The molecule has 0 unspecified atom stereocenters. The molecule has 1 aromatic carbocycles. The Morgan fingerprint density at radius 1 is 1.08 bits per heavy atom. The number of hydrogen-bond donors (Lipinski definition) is 2. The first-order chi connectivity index (χ1) is 11.5. The Labute approximate surface area is 141 Å². The van der Waals surface area contributed by atoms with Crippen molar-refractivity contribution in [1.29, 1.82) is 0 Å². The second-order valence-corrected chi connectivity index (χ2v) is 4.93. The molecule has 0 aromatic heterocycles. The van der Waals surface area contributed by atoms with Crippen molar-refractivity contribution in [3.8, 4) is 0 Å². The lowest BCUT2D eigenvalue weighted by molar-refractivity contribution is -0.140. The van der Waals surface area contributed by atoms with E-state index >= 15 is 0 Å². The Morgan fingerprint density at radius 3 is 2.33 bits per heavy atom. The first-order valence-corrected chi connectivity index (χ1v) is 7.61. The summed E-state index contributed by atoms with van der Waals surface area (Å²) >= 11 is 0. The highest BCUT2D eigenvalue weighted by atomic mass is 16.5. The molecule has 7 nitrogen and oxygen atoms in total. The topological polar surface area (TPSA) is 93.7 Å². The van der Waals surface area contributed by atoms with Gasteiger partial charge in [-0.2, -0.15) is 0 Å². The van der Waals surface area contributed by atoms with Crippen molar-refractivity contribution in [1.82, 2.24) is 10.6 Å². The number of nitrogens with one attached hydrogen (secondary N) is 2. The minimum Gasteiger partial charge on any atom is -0.463 e. The van der Waals surface area contributed by atoms with Crippen molar-refractivity contribution >= 4 is 18.0 Å². The first kappa shape index (κ1) is 19.2. The van der Waals surface area contributed by atoms with E-state index in [1.54, 1.807) is 13.8 Å². The van der Waals surface area contributed by atoms with Gasteiger partial charge in [0.1, 0.15) is 6.61 Å². The van der Waals surface area contributed by atoms with E-state index in [4.69, 9.17) is 4.74 Å². The maximum atomic E-state index is 11.7. The fourth-order valence-corrected chi connectivity index (χ4v) is 1.68. The van der Waals surface area contributed by atoms with Crippen LogP contribution in [-0.2, 0) is 25.6 Å². The van der Waals surface area contributed by atoms with E-state index in [1.165, 1.54) is 0 Å². The molecule has 0 bridgehead atoms. The van der Waals surface area contributed by atoms with Crippen LogP contribution in [-0.4, -0.2) is 37.2 Å². The van der Waals surface area contributed by atoms with E-state index in [1.807, 2.05) is 30.3 Å². The molecule has 2 N–H and O–H groups in total. The zero-order valence-electron chi connectivity index (χ0n) is 13.8. The lowest BCUT2D eigenvalue weighted by Crippen LogP contribution is -2.42. The number of ether oxygens (including phenoxy) is 2. The van der Waals surface area contributed by atoms with E-state index in [-0.39, 0.29) is 25.3 Å². The summed E-state index contributed by atoms with van der Waals surface area (Å²) in [5, 5.41) is 5.35. The van der Waals surface area contributed by atoms with Crippen LogP contribution in [0.25, 0.3) is 0 Å². The van der Waals surface area contributed by atoms with Gasteiger partial charge in [-0.25, -0.2) is 14.4 Å². The van der Waals surface area contributed by atoms with Gasteiger partial charge in [0.2, 0.25) is 0 Å². The normalized spacial score (nSPS) is 11.6. The fraction of sp³-hybridized carbons (Fsp3) is 0.353. The van der Waals surface area contributed by atoms with E-state index < -0.39 is 11.9 Å². The molecule has 2 amide bonds. The molecule has 0 aliphatic rings. The third-order valence-electron chi connectivity index (χ3n) is 2.79. The van der Waals surface area contributed by atoms with Crippen LogP contribution in [0, 0.1) is 0 Å². The standard InChI is InChI=1S/C17H22N2O5/c1-3-23-15(20)9-10-16(21)24-12-13(2)19-17(22)18-11-14-7-5-4-6-8-14/h4-10,13H,3,11-12H2,1-2H3,(H2,18,19,22)/b10-9+/t13-/m1/s1. The second-order valence-electron chi connectivity index (χ2n) is 4.93. The largest absolute Gasteiger partial charge is 0.463 e. The van der Waals surface area contributed by atoms with E-state index in [2.05, 4.69) is 15.4 Å². The number of carbonyl (C=O) groups excluding carboxylic acids is 3. The number of amides is 2. The SMILES string of the molecule is CCOC(=O)/C=C/C(=O)OC[C@@H](C)NC(=O)NCc1ccccc1. The molecule has 1 atom stereocenters. The summed E-state index contributed by atoms with van der Waals surface area (Å²) in [6.45, 7) is 3.99. The molecule has 0 aliphatic carbocycles. The molecule has 0 fully saturated rings. The summed E-state index contributed by atoms with van der Waals surface area (Å²) in [6.07, 6.45) is 1.98. The van der Waals surface area contributed by atoms with Gasteiger partial charge >= 0.3 is 18.0 Å². The lowest BCUT2D eigenvalue weighted by atomic mass is 10.2. The third-order valence-corrected chi connectivity index (χ3v) is 2.79. The molecule has 0 heterocycles. The number of benzene rings is 1. The minimum atomic E-state index is -0.679. The van der Waals surface area contributed by atoms with Crippen molar-refractivity contribution < 1.29 is 23.9 Å². The molecule has 7 heteroatoms. The number of esters is 2. The Balaban J connectivity index is 2.22. The molecule has 0 spiro atoms. The summed E-state index contributed by atoms with van der Waals surface area (Å²) in [5.74, 6) is -1.29. The van der Waals surface area contributed by atoms with Gasteiger partial charge in [0.05, 0.1) is 12.6 Å². The van der Waals surface area contributed by atoms with Crippen molar-refractivity contribution in [2.45, 2.75) is 26.4 Å². The van der Waals surface area contributed by atoms with Crippen molar-refractivity contribution in [3.63, 3.8) is 0 Å². The Morgan fingerprint density at radius 2 is 1.71 bits per heavy atom. The van der Waals surface area contributed by atoms with E-state index in [0.29, 0.717) is 6.54 Å². The van der Waals surface area contributed by atoms with Crippen LogP contribution in [0.15, 0.2) is 42.5 Å². The molecule has 0 radical (unpaired) electrons. The lowest BCUT2D eigenvalue weighted by Gasteiger charge is -2.14. The molecule has 130 valence electrons. The van der Waals surface area contributed by atoms with Gasteiger partial charge in [0.25, 0.3) is 0 Å². The minimum absolute atomic E-state index is 0.00917. The summed E-state index contributed by atoms with van der Waals surface area (Å²) in [5.41, 5.74) is 0.982. The summed E-state index contributed by atoms with van der Waals surface area (Å²) in [4.78, 5) is 34.2. The highest BCUT2D eigenvalue weighted by Gasteiger charge is 2.09. The van der Waals surface area contributed by atoms with Crippen LogP contribution in [0.5, 0.6) is 0 Å². The number of hydrogen-bond acceptors (Lipinski definition) is 5. The quantitative estimate of drug-likeness (QED) is 0.555. The Hall–Kier alpha value is -2.83. The number of urea groups is 1. The highest BCUT2D eigenvalue weighted by Crippen LogP contribution is 1.97. The molecular formula is C17H22N2O5. The second kappa shape index (κ2) is 10.8. The van der Waals surface area contributed by atoms with Gasteiger partial charge in [0, 0.05) is 18.7 Å². The van der Waals surface area contributed by atoms with E-state index in [9.17, 15) is 14.4 Å². The maximum Gasteiger partial charge on any atom is 0.331 e. The monoisotopic (exact) mass is 334 g/mol. The van der Waals surface area contributed by atoms with E-state index in [0.717, 1.165) is 17.7 Å². The van der Waals surface area contributed by atoms with Gasteiger partial charge in [0.15, 0.2) is 0 Å². The van der Waals surface area contributed by atoms with Crippen LogP contribution in [0.2, 0.25) is 0 Å². The molecule has 24 heavy (non-hydrogen) atoms. The van der Waals surface area contributed by atoms with Gasteiger partial charge in [-0.05, 0) is 19.4 Å². The average molecular weight is 334 g/mol. The van der Waals surface area contributed by atoms with Crippen LogP contribution in [0.4, 0.5) is 4.79 Å². The molecular weight excluding hydrogens is 312 g/mol.